The molecule has 0 aromatic heterocycles. The van der Waals surface area contributed by atoms with Gasteiger partial charge < -0.3 is 20.3 Å². The second kappa shape index (κ2) is 8.01. The van der Waals surface area contributed by atoms with E-state index in [1.54, 1.807) is 0 Å². The smallest absolute Gasteiger partial charge is 0.337 e. The first-order valence-electron chi connectivity index (χ1n) is 7.62. The summed E-state index contributed by atoms with van der Waals surface area (Å²) in [6, 6.07) is 4.57. The largest absolute Gasteiger partial charge is 0.465 e. The molecule has 0 aliphatic heterocycles. The van der Waals surface area contributed by atoms with E-state index in [-0.39, 0.29) is 31.1 Å². The van der Waals surface area contributed by atoms with Crippen LogP contribution >= 0.6 is 11.6 Å². The highest BCUT2D eigenvalue weighted by Crippen LogP contribution is 2.27. The fourth-order valence-corrected chi connectivity index (χ4v) is 2.38. The van der Waals surface area contributed by atoms with E-state index in [2.05, 4.69) is 15.4 Å². The van der Waals surface area contributed by atoms with E-state index in [0.717, 1.165) is 12.8 Å². The second-order valence-electron chi connectivity index (χ2n) is 5.50. The van der Waals surface area contributed by atoms with Gasteiger partial charge in [-0.05, 0) is 31.0 Å². The zero-order valence-electron chi connectivity index (χ0n) is 13.6. The van der Waals surface area contributed by atoms with Crippen molar-refractivity contribution < 1.29 is 19.1 Å². The van der Waals surface area contributed by atoms with E-state index in [1.807, 2.05) is 0 Å². The molecule has 0 atom stereocenters. The van der Waals surface area contributed by atoms with Crippen LogP contribution in [0.5, 0.6) is 0 Å². The Balaban J connectivity index is 2.04. The van der Waals surface area contributed by atoms with Crippen LogP contribution < -0.4 is 15.5 Å². The van der Waals surface area contributed by atoms with Gasteiger partial charge in [0.15, 0.2) is 0 Å². The highest BCUT2D eigenvalue weighted by molar-refractivity contribution is 6.34. The third-order valence-corrected chi connectivity index (χ3v) is 3.89. The van der Waals surface area contributed by atoms with Gasteiger partial charge in [0, 0.05) is 26.1 Å². The van der Waals surface area contributed by atoms with Crippen molar-refractivity contribution in [1.29, 1.82) is 0 Å². The summed E-state index contributed by atoms with van der Waals surface area (Å²) in [5.41, 5.74) is 0.694. The molecule has 1 aliphatic carbocycles. The predicted molar refractivity (Wildman–Crippen MR) is 90.4 cm³/mol. The zero-order chi connectivity index (χ0) is 17.7. The summed E-state index contributed by atoms with van der Waals surface area (Å²) in [5, 5.41) is 5.83. The van der Waals surface area contributed by atoms with Gasteiger partial charge in [0.25, 0.3) is 0 Å². The molecule has 7 nitrogen and oxygen atoms in total. The minimum absolute atomic E-state index is 0.234. The minimum atomic E-state index is -0.515. The number of anilines is 1. The number of nitrogens with zero attached hydrogens (tertiary/aromatic N) is 1. The van der Waals surface area contributed by atoms with Crippen molar-refractivity contribution in [3.05, 3.63) is 28.8 Å². The fraction of sp³-hybridized carbons (Fsp3) is 0.438. The molecule has 0 heterocycles. The Morgan fingerprint density at radius 1 is 1.33 bits per heavy atom. The van der Waals surface area contributed by atoms with Crippen LogP contribution in [0.3, 0.4) is 0 Å². The van der Waals surface area contributed by atoms with Gasteiger partial charge in [-0.1, -0.05) is 11.6 Å². The molecule has 1 aromatic carbocycles. The van der Waals surface area contributed by atoms with E-state index >= 15 is 0 Å². The minimum Gasteiger partial charge on any atom is -0.465 e. The molecule has 2 rings (SSSR count). The summed E-state index contributed by atoms with van der Waals surface area (Å²) >= 11 is 6.16. The topological polar surface area (TPSA) is 87.7 Å². The third kappa shape index (κ3) is 4.86. The van der Waals surface area contributed by atoms with Crippen LogP contribution in [-0.2, 0) is 9.53 Å². The van der Waals surface area contributed by atoms with Crippen molar-refractivity contribution in [2.24, 2.45) is 0 Å². The molecule has 0 radical (unpaired) electrons. The average molecular weight is 354 g/mol. The number of methoxy groups -OCH3 is 1. The predicted octanol–water partition coefficient (Wildman–Crippen LogP) is 1.94. The van der Waals surface area contributed by atoms with E-state index in [4.69, 9.17) is 11.6 Å². The van der Waals surface area contributed by atoms with Gasteiger partial charge in [0.1, 0.15) is 0 Å². The van der Waals surface area contributed by atoms with Crippen LogP contribution in [0.15, 0.2) is 18.2 Å². The number of benzene rings is 1. The number of nitrogens with one attached hydrogen (secondary N) is 2. The number of urea groups is 1. The Hall–Kier alpha value is -2.28. The van der Waals surface area contributed by atoms with E-state index in [1.165, 1.54) is 37.1 Å². The molecule has 1 saturated carbocycles. The molecular formula is C16H20ClN3O4. The lowest BCUT2D eigenvalue weighted by Gasteiger charge is -2.23. The maximum absolute atomic E-state index is 11.9. The second-order valence-corrected chi connectivity index (χ2v) is 5.91. The number of esters is 1. The molecule has 0 spiro atoms. The van der Waals surface area contributed by atoms with Crippen LogP contribution in [0.25, 0.3) is 0 Å². The highest BCUT2D eigenvalue weighted by atomic mass is 35.5. The lowest BCUT2D eigenvalue weighted by molar-refractivity contribution is -0.116. The molecule has 24 heavy (non-hydrogen) atoms. The Kier molecular flexibility index (Phi) is 6.03. The van der Waals surface area contributed by atoms with Crippen LogP contribution in [-0.4, -0.2) is 44.1 Å². The van der Waals surface area contributed by atoms with Gasteiger partial charge in [-0.2, -0.15) is 0 Å². The number of ether oxygens (including phenoxy) is 1. The molecule has 1 fully saturated rings. The number of rotatable bonds is 6. The van der Waals surface area contributed by atoms with Gasteiger partial charge in [-0.15, -0.1) is 0 Å². The van der Waals surface area contributed by atoms with Crippen molar-refractivity contribution >= 4 is 35.2 Å². The lowest BCUT2D eigenvalue weighted by Crippen LogP contribution is -2.42. The Morgan fingerprint density at radius 3 is 2.62 bits per heavy atom. The summed E-state index contributed by atoms with van der Waals surface area (Å²) in [6.07, 6.45) is 2.01. The van der Waals surface area contributed by atoms with Crippen molar-refractivity contribution in [1.82, 2.24) is 10.6 Å². The monoisotopic (exact) mass is 353 g/mol. The van der Waals surface area contributed by atoms with E-state index in [0.29, 0.717) is 16.3 Å². The molecule has 3 amide bonds. The van der Waals surface area contributed by atoms with Crippen LogP contribution in [0.4, 0.5) is 10.5 Å². The third-order valence-electron chi connectivity index (χ3n) is 3.57. The first-order valence-corrected chi connectivity index (χ1v) is 8.00. The number of hydrogen-bond acceptors (Lipinski definition) is 4. The first kappa shape index (κ1) is 18.1. The molecule has 1 aromatic rings. The average Bonchev–Trinajstić information content (AvgIpc) is 3.35. The zero-order valence-corrected chi connectivity index (χ0v) is 14.4. The van der Waals surface area contributed by atoms with Gasteiger partial charge in [-0.25, -0.2) is 9.59 Å². The van der Waals surface area contributed by atoms with Crippen LogP contribution in [0.1, 0.15) is 30.1 Å². The Labute approximate surface area is 145 Å². The number of carbonyl (C=O) groups excluding carboxylic acids is 3. The fourth-order valence-electron chi connectivity index (χ4n) is 2.16. The van der Waals surface area contributed by atoms with Crippen LogP contribution in [0, 0.1) is 0 Å². The summed E-state index contributed by atoms with van der Waals surface area (Å²) in [7, 11) is 1.28. The van der Waals surface area contributed by atoms with E-state index < -0.39 is 5.97 Å². The van der Waals surface area contributed by atoms with Crippen molar-refractivity contribution in [2.45, 2.75) is 25.8 Å². The summed E-state index contributed by atoms with van der Waals surface area (Å²) in [6.45, 7) is 1.89. The molecule has 0 unspecified atom stereocenters. The van der Waals surface area contributed by atoms with Crippen molar-refractivity contribution in [2.75, 3.05) is 25.1 Å². The maximum Gasteiger partial charge on any atom is 0.337 e. The molecule has 0 saturated heterocycles. The van der Waals surface area contributed by atoms with Gasteiger partial charge >= 0.3 is 12.0 Å². The number of carbonyl (C=O) groups is 3. The quantitative estimate of drug-likeness (QED) is 0.765. The molecule has 0 bridgehead atoms. The van der Waals surface area contributed by atoms with Gasteiger partial charge in [-0.3, -0.25) is 4.79 Å². The number of hydrogen-bond donors (Lipinski definition) is 2. The van der Waals surface area contributed by atoms with Crippen LogP contribution in [0.2, 0.25) is 5.02 Å². The summed E-state index contributed by atoms with van der Waals surface area (Å²) < 4.78 is 4.68. The van der Waals surface area contributed by atoms with Gasteiger partial charge in [0.2, 0.25) is 5.91 Å². The Bertz CT molecular complexity index is 646. The molecular weight excluding hydrogens is 334 g/mol. The lowest BCUT2D eigenvalue weighted by atomic mass is 10.2. The number of amides is 3. The van der Waals surface area contributed by atoms with Crippen molar-refractivity contribution in [3.63, 3.8) is 0 Å². The molecule has 8 heteroatoms. The van der Waals surface area contributed by atoms with Crippen molar-refractivity contribution in [3.8, 4) is 0 Å². The van der Waals surface area contributed by atoms with Gasteiger partial charge in [0.05, 0.1) is 23.4 Å². The normalized spacial score (nSPS) is 13.1. The first-order chi connectivity index (χ1) is 11.4. The Morgan fingerprint density at radius 2 is 2.04 bits per heavy atom. The molecule has 2 N–H and O–H groups in total. The highest BCUT2D eigenvalue weighted by Gasteiger charge is 2.23. The number of halogens is 1. The maximum atomic E-state index is 11.9. The summed E-state index contributed by atoms with van der Waals surface area (Å²) in [4.78, 5) is 36.6. The molecule has 130 valence electrons. The standard InChI is InChI=1S/C16H20ClN3O4/c1-10(21)20(8-7-18-16(23)19-12-4-5-12)14-9-11(15(22)24-2)3-6-13(14)17/h3,6,9,12H,4-5,7-8H2,1-2H3,(H2,18,19,23). The SMILES string of the molecule is COC(=O)c1ccc(Cl)c(N(CCNC(=O)NC2CC2)C(C)=O)c1. The summed E-state index contributed by atoms with van der Waals surface area (Å²) in [5.74, 6) is -0.762. The molecule has 1 aliphatic rings. The van der Waals surface area contributed by atoms with E-state index in [9.17, 15) is 14.4 Å².